The number of fused-ring (bicyclic) bond motifs is 1. The summed E-state index contributed by atoms with van der Waals surface area (Å²) in [6.45, 7) is -0.0826. The molecule has 1 N–H and O–H groups in total. The number of likely N-dealkylation sites (N-methyl/N-ethyl adjacent to an activating group) is 1. The molecule has 3 rings (SSSR count). The number of anilines is 1. The second kappa shape index (κ2) is 6.79. The van der Waals surface area contributed by atoms with Gasteiger partial charge in [0, 0.05) is 18.7 Å². The Balaban J connectivity index is 2.01. The van der Waals surface area contributed by atoms with Crippen molar-refractivity contribution in [2.75, 3.05) is 18.5 Å². The molecule has 0 aliphatic carbocycles. The molecule has 1 aliphatic rings. The second-order valence-electron chi connectivity index (χ2n) is 5.53. The first-order valence-electron chi connectivity index (χ1n) is 7.65. The summed E-state index contributed by atoms with van der Waals surface area (Å²) >= 11 is 0. The van der Waals surface area contributed by atoms with Crippen LogP contribution in [0.25, 0.3) is 0 Å². The van der Waals surface area contributed by atoms with Gasteiger partial charge in [0.15, 0.2) is 6.10 Å². The lowest BCUT2D eigenvalue weighted by atomic mass is 10.1. The zero-order chi connectivity index (χ0) is 18.8. The molecule has 0 spiro atoms. The summed E-state index contributed by atoms with van der Waals surface area (Å²) in [7, 11) is 1.45. The number of nitrogens with one attached hydrogen (secondary N) is 1. The van der Waals surface area contributed by atoms with E-state index in [1.807, 2.05) is 0 Å². The Bertz CT molecular complexity index is 902. The summed E-state index contributed by atoms with van der Waals surface area (Å²) in [5.41, 5.74) is -0.435. The third-order valence-electron chi connectivity index (χ3n) is 3.95. The van der Waals surface area contributed by atoms with Crippen molar-refractivity contribution in [1.82, 2.24) is 5.32 Å². The van der Waals surface area contributed by atoms with Crippen LogP contribution in [0.2, 0.25) is 0 Å². The fourth-order valence-corrected chi connectivity index (χ4v) is 2.67. The van der Waals surface area contributed by atoms with Crippen molar-refractivity contribution in [2.24, 2.45) is 0 Å². The number of benzene rings is 2. The van der Waals surface area contributed by atoms with Gasteiger partial charge in [0.25, 0.3) is 11.8 Å². The molecular formula is C17H14FN3O5. The zero-order valence-electron chi connectivity index (χ0n) is 13.6. The van der Waals surface area contributed by atoms with E-state index in [1.54, 1.807) is 24.3 Å². The van der Waals surface area contributed by atoms with Gasteiger partial charge in [0.1, 0.15) is 5.75 Å². The fourth-order valence-electron chi connectivity index (χ4n) is 2.67. The fraction of sp³-hybridized carbons (Fsp3) is 0.176. The first-order valence-corrected chi connectivity index (χ1v) is 7.65. The minimum atomic E-state index is -1.03. The summed E-state index contributed by atoms with van der Waals surface area (Å²) in [5, 5.41) is 13.4. The van der Waals surface area contributed by atoms with Crippen molar-refractivity contribution >= 4 is 23.2 Å². The predicted octanol–water partition coefficient (Wildman–Crippen LogP) is 1.89. The molecule has 8 nitrogen and oxygen atoms in total. The number of halogens is 1. The highest BCUT2D eigenvalue weighted by atomic mass is 19.1. The summed E-state index contributed by atoms with van der Waals surface area (Å²) in [4.78, 5) is 36.2. The van der Waals surface area contributed by atoms with E-state index < -0.39 is 34.3 Å². The molecule has 0 aromatic heterocycles. The van der Waals surface area contributed by atoms with Crippen LogP contribution in [0.5, 0.6) is 5.75 Å². The molecule has 0 saturated carbocycles. The molecule has 2 aromatic rings. The maximum atomic E-state index is 13.5. The highest BCUT2D eigenvalue weighted by Gasteiger charge is 2.34. The SMILES string of the molecule is CNC(=O)[C@@H]1CN(C(=O)c2ccc(F)c([N+](=O)[O-])c2)c2ccccc2O1. The quantitative estimate of drug-likeness (QED) is 0.666. The Morgan fingerprint density at radius 3 is 2.73 bits per heavy atom. The minimum absolute atomic E-state index is 0.0644. The van der Waals surface area contributed by atoms with E-state index in [-0.39, 0.29) is 12.1 Å². The standard InChI is InChI=1S/C17H14FN3O5/c1-19-16(22)15-9-20(12-4-2-3-5-14(12)26-15)17(23)10-6-7-11(18)13(8-10)21(24)25/h2-8,15H,9H2,1H3,(H,19,22)/t15-/m0/s1. The predicted molar refractivity (Wildman–Crippen MR) is 89.7 cm³/mol. The molecule has 0 radical (unpaired) electrons. The van der Waals surface area contributed by atoms with Gasteiger partial charge >= 0.3 is 5.69 Å². The molecule has 2 aromatic carbocycles. The number of amides is 2. The van der Waals surface area contributed by atoms with Crippen LogP contribution in [0.1, 0.15) is 10.4 Å². The largest absolute Gasteiger partial charge is 0.477 e. The highest BCUT2D eigenvalue weighted by molar-refractivity contribution is 6.08. The third kappa shape index (κ3) is 3.06. The number of hydrogen-bond donors (Lipinski definition) is 1. The second-order valence-corrected chi connectivity index (χ2v) is 5.53. The van der Waals surface area contributed by atoms with E-state index in [4.69, 9.17) is 4.74 Å². The molecule has 0 bridgehead atoms. The van der Waals surface area contributed by atoms with Crippen molar-refractivity contribution in [2.45, 2.75) is 6.10 Å². The van der Waals surface area contributed by atoms with Crippen molar-refractivity contribution < 1.29 is 23.6 Å². The lowest BCUT2D eigenvalue weighted by Gasteiger charge is -2.34. The maximum absolute atomic E-state index is 13.5. The average Bonchev–Trinajstić information content (AvgIpc) is 2.66. The summed E-state index contributed by atoms with van der Waals surface area (Å²) in [6, 6.07) is 9.53. The van der Waals surface area contributed by atoms with Gasteiger partial charge in [-0.15, -0.1) is 0 Å². The van der Waals surface area contributed by atoms with Gasteiger partial charge < -0.3 is 15.0 Å². The number of nitro groups is 1. The van der Waals surface area contributed by atoms with E-state index >= 15 is 0 Å². The molecule has 9 heteroatoms. The van der Waals surface area contributed by atoms with Crippen LogP contribution in [0.15, 0.2) is 42.5 Å². The van der Waals surface area contributed by atoms with Crippen molar-refractivity contribution in [3.05, 3.63) is 64.0 Å². The van der Waals surface area contributed by atoms with E-state index in [0.717, 1.165) is 18.2 Å². The molecule has 26 heavy (non-hydrogen) atoms. The molecular weight excluding hydrogens is 345 g/mol. The summed E-state index contributed by atoms with van der Waals surface area (Å²) in [5.74, 6) is -1.71. The number of nitro benzene ring substituents is 1. The number of ether oxygens (including phenoxy) is 1. The normalized spacial score (nSPS) is 15.6. The Hall–Kier alpha value is -3.49. The van der Waals surface area contributed by atoms with E-state index in [9.17, 15) is 24.1 Å². The van der Waals surface area contributed by atoms with Crippen LogP contribution in [0.4, 0.5) is 15.8 Å². The molecule has 1 atom stereocenters. The average molecular weight is 359 g/mol. The van der Waals surface area contributed by atoms with Gasteiger partial charge in [0.05, 0.1) is 17.2 Å². The summed E-state index contributed by atoms with van der Waals surface area (Å²) in [6.07, 6.45) is -0.936. The molecule has 134 valence electrons. The lowest BCUT2D eigenvalue weighted by molar-refractivity contribution is -0.387. The van der Waals surface area contributed by atoms with Crippen LogP contribution in [-0.2, 0) is 4.79 Å². The summed E-state index contributed by atoms with van der Waals surface area (Å²) < 4.78 is 19.1. The van der Waals surface area contributed by atoms with E-state index in [0.29, 0.717) is 11.4 Å². The lowest BCUT2D eigenvalue weighted by Crippen LogP contribution is -2.50. The molecule has 1 aliphatic heterocycles. The first kappa shape index (κ1) is 17.3. The number of rotatable bonds is 3. The number of hydrogen-bond acceptors (Lipinski definition) is 5. The van der Waals surface area contributed by atoms with Crippen molar-refractivity contribution in [3.8, 4) is 5.75 Å². The molecule has 0 fully saturated rings. The van der Waals surface area contributed by atoms with Crippen LogP contribution in [0, 0.1) is 15.9 Å². The third-order valence-corrected chi connectivity index (χ3v) is 3.95. The Morgan fingerprint density at radius 1 is 1.31 bits per heavy atom. The van der Waals surface area contributed by atoms with Gasteiger partial charge in [-0.1, -0.05) is 12.1 Å². The van der Waals surface area contributed by atoms with Crippen LogP contribution < -0.4 is 15.0 Å². The van der Waals surface area contributed by atoms with Gasteiger partial charge in [-0.05, 0) is 24.3 Å². The van der Waals surface area contributed by atoms with E-state index in [1.165, 1.54) is 11.9 Å². The Morgan fingerprint density at radius 2 is 2.04 bits per heavy atom. The number of carbonyl (C=O) groups excluding carboxylic acids is 2. The van der Waals surface area contributed by atoms with E-state index in [2.05, 4.69) is 5.32 Å². The minimum Gasteiger partial charge on any atom is -0.477 e. The smallest absolute Gasteiger partial charge is 0.305 e. The Labute approximate surface area is 147 Å². The van der Waals surface area contributed by atoms with Gasteiger partial charge in [-0.2, -0.15) is 4.39 Å². The van der Waals surface area contributed by atoms with Gasteiger partial charge in [-0.25, -0.2) is 0 Å². The molecule has 2 amide bonds. The number of nitrogens with zero attached hydrogens (tertiary/aromatic N) is 2. The topological polar surface area (TPSA) is 102 Å². The molecule has 0 saturated heterocycles. The number of carbonyl (C=O) groups is 2. The van der Waals surface area contributed by atoms with Gasteiger partial charge in [0.2, 0.25) is 5.82 Å². The zero-order valence-corrected chi connectivity index (χ0v) is 13.6. The first-order chi connectivity index (χ1) is 12.4. The number of para-hydroxylation sites is 2. The van der Waals surface area contributed by atoms with Crippen LogP contribution in [0.3, 0.4) is 0 Å². The van der Waals surface area contributed by atoms with Crippen LogP contribution >= 0.6 is 0 Å². The molecule has 1 heterocycles. The Kier molecular flexibility index (Phi) is 4.53. The van der Waals surface area contributed by atoms with Crippen LogP contribution in [-0.4, -0.2) is 36.4 Å². The maximum Gasteiger partial charge on any atom is 0.305 e. The van der Waals surface area contributed by atoms with Gasteiger partial charge in [-0.3, -0.25) is 19.7 Å². The molecule has 0 unspecified atom stereocenters. The monoisotopic (exact) mass is 359 g/mol. The van der Waals surface area contributed by atoms with Crippen molar-refractivity contribution in [3.63, 3.8) is 0 Å². The van der Waals surface area contributed by atoms with Crippen molar-refractivity contribution in [1.29, 1.82) is 0 Å². The highest BCUT2D eigenvalue weighted by Crippen LogP contribution is 2.34.